The van der Waals surface area contributed by atoms with E-state index in [0.717, 1.165) is 42.7 Å². The van der Waals surface area contributed by atoms with Gasteiger partial charge in [0, 0.05) is 27.5 Å². The number of nitrogens with one attached hydrogen (secondary N) is 1. The highest BCUT2D eigenvalue weighted by molar-refractivity contribution is 7.98. The molecule has 0 spiro atoms. The van der Waals surface area contributed by atoms with Gasteiger partial charge in [0.15, 0.2) is 0 Å². The molecule has 0 radical (unpaired) electrons. The van der Waals surface area contributed by atoms with Crippen LogP contribution in [0.1, 0.15) is 48.7 Å². The Bertz CT molecular complexity index is 1310. The number of fused-ring (bicyclic) bond motifs is 3. The lowest BCUT2D eigenvalue weighted by molar-refractivity contribution is -0.137. The first kappa shape index (κ1) is 23.8. The van der Waals surface area contributed by atoms with E-state index in [1.54, 1.807) is 23.6 Å². The minimum atomic E-state index is -4.51. The molecule has 2 heterocycles. The van der Waals surface area contributed by atoms with Gasteiger partial charge in [-0.1, -0.05) is 25.0 Å². The second-order valence-corrected chi connectivity index (χ2v) is 10.3. The SMILES string of the molecule is CSc1cccc(N2C(=O)c3cc4ccc(C(F)(F)F)cc4n3CC2(C)C(=O)NC2CCCC2)c1. The van der Waals surface area contributed by atoms with Crippen molar-refractivity contribution in [3.8, 4) is 0 Å². The number of rotatable bonds is 4. The number of halogens is 3. The van der Waals surface area contributed by atoms with Crippen molar-refractivity contribution in [2.45, 2.75) is 61.8 Å². The van der Waals surface area contributed by atoms with E-state index in [1.807, 2.05) is 24.5 Å². The molecule has 2 aliphatic rings. The standard InChI is InChI=1S/C26H26F3N3O2S/c1-25(24(34)30-18-6-3-4-7-18)15-31-21-13-17(26(27,28)29)11-10-16(21)12-22(31)23(33)32(25)19-8-5-9-20(14-19)35-2/h5,8-14,18H,3-4,6-7,15H2,1-2H3,(H,30,34). The summed E-state index contributed by atoms with van der Waals surface area (Å²) in [5.74, 6) is -0.713. The summed E-state index contributed by atoms with van der Waals surface area (Å²) >= 11 is 1.53. The molecule has 3 aromatic rings. The summed E-state index contributed by atoms with van der Waals surface area (Å²) in [6, 6.07) is 12.5. The Morgan fingerprint density at radius 3 is 2.54 bits per heavy atom. The average Bonchev–Trinajstić information content (AvgIpc) is 3.46. The van der Waals surface area contributed by atoms with Gasteiger partial charge in [-0.2, -0.15) is 13.2 Å². The predicted molar refractivity (Wildman–Crippen MR) is 131 cm³/mol. The first-order chi connectivity index (χ1) is 16.6. The third-order valence-electron chi connectivity index (χ3n) is 7.10. The van der Waals surface area contributed by atoms with Gasteiger partial charge in [0.05, 0.1) is 12.1 Å². The molecule has 9 heteroatoms. The number of thioether (sulfide) groups is 1. The van der Waals surface area contributed by atoms with Crippen LogP contribution >= 0.6 is 11.8 Å². The molecule has 0 bridgehead atoms. The maximum atomic E-state index is 13.9. The highest BCUT2D eigenvalue weighted by atomic mass is 32.2. The van der Waals surface area contributed by atoms with Gasteiger partial charge in [-0.05, 0) is 62.4 Å². The van der Waals surface area contributed by atoms with E-state index in [0.29, 0.717) is 16.6 Å². The molecule has 5 nitrogen and oxygen atoms in total. The number of anilines is 1. The maximum absolute atomic E-state index is 13.9. The van der Waals surface area contributed by atoms with Crippen molar-refractivity contribution in [3.05, 3.63) is 59.8 Å². The molecular weight excluding hydrogens is 475 g/mol. The van der Waals surface area contributed by atoms with Gasteiger partial charge in [-0.3, -0.25) is 14.5 Å². The second kappa shape index (κ2) is 8.62. The molecule has 0 saturated heterocycles. The Kier molecular flexibility index (Phi) is 5.86. The molecule has 35 heavy (non-hydrogen) atoms. The first-order valence-electron chi connectivity index (χ1n) is 11.6. The molecule has 1 aliphatic heterocycles. The van der Waals surface area contributed by atoms with Crippen LogP contribution in [0.4, 0.5) is 18.9 Å². The highest BCUT2D eigenvalue weighted by Gasteiger charge is 2.49. The zero-order chi connectivity index (χ0) is 25.0. The van der Waals surface area contributed by atoms with Gasteiger partial charge in [0.25, 0.3) is 5.91 Å². The van der Waals surface area contributed by atoms with Crippen LogP contribution in [0.2, 0.25) is 0 Å². The van der Waals surface area contributed by atoms with Gasteiger partial charge >= 0.3 is 6.18 Å². The minimum Gasteiger partial charge on any atom is -0.351 e. The lowest BCUT2D eigenvalue weighted by atomic mass is 9.93. The van der Waals surface area contributed by atoms with Crippen molar-refractivity contribution < 1.29 is 22.8 Å². The molecule has 1 aliphatic carbocycles. The number of carbonyl (C=O) groups is 2. The molecule has 2 amide bonds. The molecule has 1 aromatic heterocycles. The molecular formula is C26H26F3N3O2S. The summed E-state index contributed by atoms with van der Waals surface area (Å²) in [5, 5.41) is 3.64. The highest BCUT2D eigenvalue weighted by Crippen LogP contribution is 2.39. The quantitative estimate of drug-likeness (QED) is 0.456. The number of alkyl halides is 3. The molecule has 1 atom stereocenters. The number of hydrogen-bond donors (Lipinski definition) is 1. The molecule has 1 unspecified atom stereocenters. The Balaban J connectivity index is 1.66. The molecule has 2 aromatic carbocycles. The monoisotopic (exact) mass is 501 g/mol. The van der Waals surface area contributed by atoms with E-state index in [2.05, 4.69) is 5.32 Å². The van der Waals surface area contributed by atoms with Crippen molar-refractivity contribution >= 4 is 40.2 Å². The van der Waals surface area contributed by atoms with Gasteiger partial charge in [-0.25, -0.2) is 0 Å². The minimum absolute atomic E-state index is 0.0356. The van der Waals surface area contributed by atoms with Crippen molar-refractivity contribution in [3.63, 3.8) is 0 Å². The van der Waals surface area contributed by atoms with Crippen LogP contribution in [0.25, 0.3) is 10.9 Å². The van der Waals surface area contributed by atoms with Gasteiger partial charge < -0.3 is 9.88 Å². The number of amides is 2. The van der Waals surface area contributed by atoms with E-state index in [9.17, 15) is 22.8 Å². The van der Waals surface area contributed by atoms with Crippen molar-refractivity contribution in [1.29, 1.82) is 0 Å². The smallest absolute Gasteiger partial charge is 0.351 e. The predicted octanol–water partition coefficient (Wildman–Crippen LogP) is 5.86. The summed E-state index contributed by atoms with van der Waals surface area (Å²) in [4.78, 5) is 30.1. The zero-order valence-corrected chi connectivity index (χ0v) is 20.3. The lowest BCUT2D eigenvalue weighted by Gasteiger charge is -2.44. The summed E-state index contributed by atoms with van der Waals surface area (Å²) in [5.41, 5.74) is -0.978. The topological polar surface area (TPSA) is 54.3 Å². The Labute approximate surface area is 205 Å². The summed E-state index contributed by atoms with van der Waals surface area (Å²) in [6.45, 7) is 1.74. The van der Waals surface area contributed by atoms with Crippen LogP contribution in [-0.4, -0.2) is 34.2 Å². The largest absolute Gasteiger partial charge is 0.416 e. The Morgan fingerprint density at radius 1 is 1.11 bits per heavy atom. The molecule has 1 saturated carbocycles. The third-order valence-corrected chi connectivity index (χ3v) is 7.83. The van der Waals surface area contributed by atoms with Crippen LogP contribution in [-0.2, 0) is 17.5 Å². The van der Waals surface area contributed by atoms with Crippen molar-refractivity contribution in [1.82, 2.24) is 9.88 Å². The van der Waals surface area contributed by atoms with Crippen LogP contribution in [0, 0.1) is 0 Å². The molecule has 1 N–H and O–H groups in total. The summed E-state index contributed by atoms with van der Waals surface area (Å²) in [7, 11) is 0. The van der Waals surface area contributed by atoms with Gasteiger partial charge in [0.2, 0.25) is 5.91 Å². The molecule has 184 valence electrons. The van der Waals surface area contributed by atoms with E-state index < -0.39 is 23.2 Å². The number of aromatic nitrogens is 1. The van der Waals surface area contributed by atoms with Crippen LogP contribution in [0.3, 0.4) is 0 Å². The number of benzene rings is 2. The van der Waals surface area contributed by atoms with E-state index in [4.69, 9.17) is 0 Å². The molecule has 1 fully saturated rings. The average molecular weight is 502 g/mol. The van der Waals surface area contributed by atoms with E-state index in [1.165, 1.54) is 22.7 Å². The fourth-order valence-electron chi connectivity index (χ4n) is 5.23. The fraction of sp³-hybridized carbons (Fsp3) is 0.385. The van der Waals surface area contributed by atoms with Crippen LogP contribution in [0.5, 0.6) is 0 Å². The maximum Gasteiger partial charge on any atom is 0.416 e. The number of nitrogens with zero attached hydrogens (tertiary/aromatic N) is 2. The van der Waals surface area contributed by atoms with Crippen LogP contribution in [0.15, 0.2) is 53.4 Å². The first-order valence-corrected chi connectivity index (χ1v) is 12.8. The lowest BCUT2D eigenvalue weighted by Crippen LogP contribution is -2.65. The van der Waals surface area contributed by atoms with E-state index in [-0.39, 0.29) is 24.2 Å². The van der Waals surface area contributed by atoms with E-state index >= 15 is 0 Å². The Hall–Kier alpha value is -2.94. The number of carbonyl (C=O) groups excluding carboxylic acids is 2. The summed E-state index contributed by atoms with van der Waals surface area (Å²) in [6.07, 6.45) is 1.25. The normalized spacial score (nSPS) is 20.9. The van der Waals surface area contributed by atoms with Crippen LogP contribution < -0.4 is 10.2 Å². The Morgan fingerprint density at radius 2 is 1.86 bits per heavy atom. The fourth-order valence-corrected chi connectivity index (χ4v) is 5.68. The summed E-state index contributed by atoms with van der Waals surface area (Å²) < 4.78 is 41.9. The number of hydrogen-bond acceptors (Lipinski definition) is 3. The molecule has 5 rings (SSSR count). The van der Waals surface area contributed by atoms with Crippen molar-refractivity contribution in [2.75, 3.05) is 11.2 Å². The third kappa shape index (κ3) is 4.09. The second-order valence-electron chi connectivity index (χ2n) is 9.46. The van der Waals surface area contributed by atoms with Gasteiger partial charge in [0.1, 0.15) is 11.2 Å². The zero-order valence-electron chi connectivity index (χ0n) is 19.5. The van der Waals surface area contributed by atoms with Gasteiger partial charge in [-0.15, -0.1) is 11.8 Å². The van der Waals surface area contributed by atoms with Crippen molar-refractivity contribution in [2.24, 2.45) is 0 Å².